The third kappa shape index (κ3) is 3.17. The van der Waals surface area contributed by atoms with Crippen LogP contribution in [0.4, 0.5) is 0 Å². The summed E-state index contributed by atoms with van der Waals surface area (Å²) in [6.45, 7) is 6.14. The molecule has 21 heavy (non-hydrogen) atoms. The Morgan fingerprint density at radius 3 is 2.52 bits per heavy atom. The van der Waals surface area contributed by atoms with E-state index in [1.165, 1.54) is 22.3 Å². The number of nitrogens with zero attached hydrogens (tertiary/aromatic N) is 1. The molecular formula is C19H24N2. The Labute approximate surface area is 127 Å². The minimum absolute atomic E-state index is 0.427. The van der Waals surface area contributed by atoms with Crippen molar-refractivity contribution in [2.75, 3.05) is 19.6 Å². The quantitative estimate of drug-likeness (QED) is 0.932. The highest BCUT2D eigenvalue weighted by Crippen LogP contribution is 2.24. The number of hydrogen-bond donors (Lipinski definition) is 1. The number of aryl methyl sites for hydroxylation is 1. The zero-order valence-corrected chi connectivity index (χ0v) is 12.8. The number of hydrogen-bond acceptors (Lipinski definition) is 2. The maximum atomic E-state index is 6.06. The van der Waals surface area contributed by atoms with Crippen LogP contribution in [-0.4, -0.2) is 24.5 Å². The Bertz CT molecular complexity index is 606. The van der Waals surface area contributed by atoms with Gasteiger partial charge in [-0.15, -0.1) is 0 Å². The Morgan fingerprint density at radius 1 is 1.05 bits per heavy atom. The van der Waals surface area contributed by atoms with E-state index >= 15 is 0 Å². The lowest BCUT2D eigenvalue weighted by molar-refractivity contribution is 0.239. The molecule has 110 valence electrons. The highest BCUT2D eigenvalue weighted by Gasteiger charge is 2.20. The van der Waals surface area contributed by atoms with E-state index in [1.807, 2.05) is 0 Å². The zero-order valence-electron chi connectivity index (χ0n) is 12.8. The second-order valence-electron chi connectivity index (χ2n) is 6.04. The molecule has 0 aromatic heterocycles. The van der Waals surface area contributed by atoms with Gasteiger partial charge in [-0.2, -0.15) is 0 Å². The van der Waals surface area contributed by atoms with Gasteiger partial charge in [0.1, 0.15) is 0 Å². The van der Waals surface area contributed by atoms with Crippen LogP contribution in [0.3, 0.4) is 0 Å². The van der Waals surface area contributed by atoms with Gasteiger partial charge in [0.25, 0.3) is 0 Å². The molecule has 0 amide bonds. The lowest BCUT2D eigenvalue weighted by Crippen LogP contribution is -2.36. The molecule has 0 spiro atoms. The van der Waals surface area contributed by atoms with Gasteiger partial charge in [0.05, 0.1) is 0 Å². The molecule has 0 fully saturated rings. The fourth-order valence-corrected chi connectivity index (χ4v) is 3.37. The predicted octanol–water partition coefficient (Wildman–Crippen LogP) is 3.10. The first kappa shape index (κ1) is 14.3. The molecule has 2 aromatic rings. The second-order valence-corrected chi connectivity index (χ2v) is 6.04. The normalized spacial score (nSPS) is 16.5. The smallest absolute Gasteiger partial charge is 0.0236 e. The van der Waals surface area contributed by atoms with E-state index in [0.29, 0.717) is 12.5 Å². The van der Waals surface area contributed by atoms with Crippen molar-refractivity contribution in [2.45, 2.75) is 25.8 Å². The Hall–Kier alpha value is -1.64. The van der Waals surface area contributed by atoms with Gasteiger partial charge in [-0.25, -0.2) is 0 Å². The maximum absolute atomic E-state index is 6.06. The van der Waals surface area contributed by atoms with Gasteiger partial charge in [-0.05, 0) is 35.6 Å². The van der Waals surface area contributed by atoms with Crippen LogP contribution in [-0.2, 0) is 13.0 Å². The van der Waals surface area contributed by atoms with Crippen LogP contribution in [0.2, 0.25) is 0 Å². The molecule has 0 radical (unpaired) electrons. The molecule has 2 aromatic carbocycles. The van der Waals surface area contributed by atoms with Crippen molar-refractivity contribution >= 4 is 0 Å². The monoisotopic (exact) mass is 280 g/mol. The first-order valence-electron chi connectivity index (χ1n) is 7.82. The average molecular weight is 280 g/mol. The van der Waals surface area contributed by atoms with Crippen molar-refractivity contribution in [1.82, 2.24) is 4.90 Å². The SMILES string of the molecule is Cc1ccccc1C(CN)CN1CCc2ccccc2C1. The third-order valence-corrected chi connectivity index (χ3v) is 4.60. The summed E-state index contributed by atoms with van der Waals surface area (Å²) < 4.78 is 0. The molecule has 1 atom stereocenters. The van der Waals surface area contributed by atoms with Crippen LogP contribution in [0.25, 0.3) is 0 Å². The highest BCUT2D eigenvalue weighted by atomic mass is 15.1. The van der Waals surface area contributed by atoms with E-state index in [0.717, 1.165) is 26.1 Å². The van der Waals surface area contributed by atoms with Crippen molar-refractivity contribution in [3.63, 3.8) is 0 Å². The van der Waals surface area contributed by atoms with E-state index in [2.05, 4.69) is 60.4 Å². The van der Waals surface area contributed by atoms with Crippen LogP contribution in [0, 0.1) is 6.92 Å². The summed E-state index contributed by atoms with van der Waals surface area (Å²) in [6, 6.07) is 17.4. The Balaban J connectivity index is 1.73. The molecule has 1 aliphatic rings. The van der Waals surface area contributed by atoms with Gasteiger partial charge in [-0.1, -0.05) is 48.5 Å². The minimum atomic E-state index is 0.427. The molecule has 2 heteroatoms. The van der Waals surface area contributed by atoms with Gasteiger partial charge < -0.3 is 5.73 Å². The van der Waals surface area contributed by atoms with Crippen LogP contribution >= 0.6 is 0 Å². The second kappa shape index (κ2) is 6.42. The molecule has 1 aliphatic heterocycles. The standard InChI is InChI=1S/C19H24N2/c1-15-6-2-5-9-19(15)18(12-20)14-21-11-10-16-7-3-4-8-17(16)13-21/h2-9,18H,10-14,20H2,1H3. The molecule has 0 bridgehead atoms. The van der Waals surface area contributed by atoms with Crippen molar-refractivity contribution in [3.8, 4) is 0 Å². The van der Waals surface area contributed by atoms with Crippen LogP contribution < -0.4 is 5.73 Å². The number of nitrogens with two attached hydrogens (primary N) is 1. The molecule has 1 unspecified atom stereocenters. The summed E-state index contributed by atoms with van der Waals surface area (Å²) in [5, 5.41) is 0. The molecule has 1 heterocycles. The first-order chi connectivity index (χ1) is 10.3. The highest BCUT2D eigenvalue weighted by molar-refractivity contribution is 5.31. The van der Waals surface area contributed by atoms with Crippen molar-refractivity contribution in [3.05, 3.63) is 70.8 Å². The molecule has 2 N–H and O–H groups in total. The summed E-state index contributed by atoms with van der Waals surface area (Å²) in [5.41, 5.74) is 11.8. The van der Waals surface area contributed by atoms with Crippen LogP contribution in [0.5, 0.6) is 0 Å². The lowest BCUT2D eigenvalue weighted by atomic mass is 9.93. The lowest BCUT2D eigenvalue weighted by Gasteiger charge is -2.32. The minimum Gasteiger partial charge on any atom is -0.330 e. The fourth-order valence-electron chi connectivity index (χ4n) is 3.37. The van der Waals surface area contributed by atoms with E-state index in [1.54, 1.807) is 0 Å². The van der Waals surface area contributed by atoms with Crippen LogP contribution in [0.15, 0.2) is 48.5 Å². The van der Waals surface area contributed by atoms with Gasteiger partial charge in [0.15, 0.2) is 0 Å². The summed E-state index contributed by atoms with van der Waals surface area (Å²) in [5.74, 6) is 0.427. The number of benzene rings is 2. The molecule has 0 saturated carbocycles. The summed E-state index contributed by atoms with van der Waals surface area (Å²) in [6.07, 6.45) is 1.15. The largest absolute Gasteiger partial charge is 0.330 e. The third-order valence-electron chi connectivity index (χ3n) is 4.60. The first-order valence-corrected chi connectivity index (χ1v) is 7.82. The Morgan fingerprint density at radius 2 is 1.76 bits per heavy atom. The molecule has 2 nitrogen and oxygen atoms in total. The average Bonchev–Trinajstić information content (AvgIpc) is 2.53. The number of rotatable bonds is 4. The molecular weight excluding hydrogens is 256 g/mol. The maximum Gasteiger partial charge on any atom is 0.0236 e. The topological polar surface area (TPSA) is 29.3 Å². The molecule has 0 saturated heterocycles. The van der Waals surface area contributed by atoms with Gasteiger partial charge in [0, 0.05) is 32.1 Å². The summed E-state index contributed by atoms with van der Waals surface area (Å²) in [4.78, 5) is 2.55. The van der Waals surface area contributed by atoms with Crippen molar-refractivity contribution in [2.24, 2.45) is 5.73 Å². The summed E-state index contributed by atoms with van der Waals surface area (Å²) in [7, 11) is 0. The van der Waals surface area contributed by atoms with Crippen molar-refractivity contribution in [1.29, 1.82) is 0 Å². The zero-order chi connectivity index (χ0) is 14.7. The molecule has 0 aliphatic carbocycles. The van der Waals surface area contributed by atoms with Gasteiger partial charge >= 0.3 is 0 Å². The molecule has 3 rings (SSSR count). The van der Waals surface area contributed by atoms with E-state index in [-0.39, 0.29) is 0 Å². The van der Waals surface area contributed by atoms with Gasteiger partial charge in [-0.3, -0.25) is 4.90 Å². The van der Waals surface area contributed by atoms with Crippen molar-refractivity contribution < 1.29 is 0 Å². The number of fused-ring (bicyclic) bond motifs is 1. The van der Waals surface area contributed by atoms with E-state index < -0.39 is 0 Å². The fraction of sp³-hybridized carbons (Fsp3) is 0.368. The van der Waals surface area contributed by atoms with Gasteiger partial charge in [0.2, 0.25) is 0 Å². The van der Waals surface area contributed by atoms with E-state index in [4.69, 9.17) is 5.73 Å². The van der Waals surface area contributed by atoms with E-state index in [9.17, 15) is 0 Å². The summed E-state index contributed by atoms with van der Waals surface area (Å²) >= 11 is 0. The Kier molecular flexibility index (Phi) is 4.37. The predicted molar refractivity (Wildman–Crippen MR) is 88.4 cm³/mol. The van der Waals surface area contributed by atoms with Crippen LogP contribution in [0.1, 0.15) is 28.2 Å².